The average molecular weight is 383 g/mol. The van der Waals surface area contributed by atoms with Crippen molar-refractivity contribution >= 4 is 17.5 Å². The quantitative estimate of drug-likeness (QED) is 0.687. The van der Waals surface area contributed by atoms with Crippen molar-refractivity contribution in [1.29, 1.82) is 0 Å². The molecule has 0 bridgehead atoms. The maximum Gasteiger partial charge on any atom is 0.291 e. The Morgan fingerprint density at radius 2 is 2.07 bits per heavy atom. The lowest BCUT2D eigenvalue weighted by molar-refractivity contribution is 0.0685. The van der Waals surface area contributed by atoms with Gasteiger partial charge in [-0.05, 0) is 36.6 Å². The number of piperidine rings is 1. The van der Waals surface area contributed by atoms with E-state index >= 15 is 0 Å². The first-order valence-corrected chi connectivity index (χ1v) is 9.32. The fraction of sp³-hybridized carbons (Fsp3) is 0.300. The summed E-state index contributed by atoms with van der Waals surface area (Å²) in [7, 11) is 0. The van der Waals surface area contributed by atoms with Crippen LogP contribution in [0.15, 0.2) is 53.3 Å². The third-order valence-electron chi connectivity index (χ3n) is 4.65. The molecule has 0 unspecified atom stereocenters. The molecule has 1 aromatic carbocycles. The van der Waals surface area contributed by atoms with Crippen molar-refractivity contribution in [3.63, 3.8) is 0 Å². The third kappa shape index (κ3) is 4.17. The van der Waals surface area contributed by atoms with Crippen molar-refractivity contribution in [3.8, 4) is 0 Å². The fourth-order valence-electron chi connectivity index (χ4n) is 3.36. The number of benzene rings is 1. The number of hydrogen-bond donors (Lipinski definition) is 0. The summed E-state index contributed by atoms with van der Waals surface area (Å²) >= 11 is 6.04. The fourth-order valence-corrected chi connectivity index (χ4v) is 3.57. The topological polar surface area (TPSA) is 72.1 Å². The number of oxazole rings is 1. The van der Waals surface area contributed by atoms with E-state index in [1.165, 1.54) is 0 Å². The molecule has 0 spiro atoms. The van der Waals surface area contributed by atoms with Crippen molar-refractivity contribution in [2.75, 3.05) is 13.1 Å². The van der Waals surface area contributed by atoms with Crippen molar-refractivity contribution in [1.82, 2.24) is 19.9 Å². The molecule has 1 aliphatic heterocycles. The first kappa shape index (κ1) is 17.7. The molecular formula is C20H19ClN4O2. The molecule has 1 aliphatic rings. The maximum absolute atomic E-state index is 12.6. The molecule has 27 heavy (non-hydrogen) atoms. The van der Waals surface area contributed by atoms with E-state index in [1.807, 2.05) is 24.3 Å². The molecule has 138 valence electrons. The lowest BCUT2D eigenvalue weighted by Gasteiger charge is -2.30. The summed E-state index contributed by atoms with van der Waals surface area (Å²) in [4.78, 5) is 26.9. The van der Waals surface area contributed by atoms with Crippen LogP contribution in [-0.4, -0.2) is 38.8 Å². The standard InChI is InChI=1S/C20H19ClN4O2/c21-16-6-1-4-14(10-16)11-17-12-24-19(27-17)15-5-2-9-25(13-15)20(26)18-22-7-3-8-23-18/h1,3-4,6-8,10,12,15H,2,5,9,11,13H2/t15-/m1/s1. The lowest BCUT2D eigenvalue weighted by Crippen LogP contribution is -2.39. The van der Waals surface area contributed by atoms with Gasteiger partial charge in [-0.2, -0.15) is 0 Å². The molecule has 3 heterocycles. The second-order valence-corrected chi connectivity index (χ2v) is 7.07. The summed E-state index contributed by atoms with van der Waals surface area (Å²) in [6, 6.07) is 9.40. The molecule has 6 nitrogen and oxygen atoms in total. The highest BCUT2D eigenvalue weighted by molar-refractivity contribution is 6.30. The van der Waals surface area contributed by atoms with Gasteiger partial charge in [-0.25, -0.2) is 15.0 Å². The number of halogens is 1. The lowest BCUT2D eigenvalue weighted by atomic mass is 9.98. The molecule has 4 rings (SSSR count). The number of carbonyl (C=O) groups excluding carboxylic acids is 1. The molecule has 0 aliphatic carbocycles. The normalized spacial score (nSPS) is 17.1. The van der Waals surface area contributed by atoms with E-state index in [0.717, 1.165) is 24.2 Å². The molecule has 1 fully saturated rings. The van der Waals surface area contributed by atoms with Crippen LogP contribution >= 0.6 is 11.6 Å². The Bertz CT molecular complexity index is 928. The van der Waals surface area contributed by atoms with Gasteiger partial charge in [0.15, 0.2) is 5.89 Å². The summed E-state index contributed by atoms with van der Waals surface area (Å²) in [5.74, 6) is 1.64. The summed E-state index contributed by atoms with van der Waals surface area (Å²) < 4.78 is 5.98. The minimum Gasteiger partial charge on any atom is -0.445 e. The van der Waals surface area contributed by atoms with Crippen molar-refractivity contribution in [2.45, 2.75) is 25.2 Å². The second kappa shape index (κ2) is 7.88. The van der Waals surface area contributed by atoms with Gasteiger partial charge in [0.1, 0.15) is 5.76 Å². The van der Waals surface area contributed by atoms with Crippen LogP contribution in [0.4, 0.5) is 0 Å². The van der Waals surface area contributed by atoms with E-state index in [2.05, 4.69) is 15.0 Å². The predicted molar refractivity (Wildman–Crippen MR) is 101 cm³/mol. The maximum atomic E-state index is 12.6. The van der Waals surface area contributed by atoms with Crippen LogP contribution in [0.2, 0.25) is 5.02 Å². The molecule has 7 heteroatoms. The number of hydrogen-bond acceptors (Lipinski definition) is 5. The van der Waals surface area contributed by atoms with Crippen molar-refractivity contribution in [3.05, 3.63) is 77.0 Å². The average Bonchev–Trinajstić information content (AvgIpc) is 3.17. The van der Waals surface area contributed by atoms with Crippen LogP contribution in [-0.2, 0) is 6.42 Å². The molecule has 1 saturated heterocycles. The van der Waals surface area contributed by atoms with Gasteiger partial charge in [0.25, 0.3) is 5.91 Å². The van der Waals surface area contributed by atoms with Crippen molar-refractivity contribution in [2.24, 2.45) is 0 Å². The largest absolute Gasteiger partial charge is 0.445 e. The van der Waals surface area contributed by atoms with Crippen LogP contribution in [0.1, 0.15) is 46.6 Å². The van der Waals surface area contributed by atoms with Gasteiger partial charge >= 0.3 is 0 Å². The van der Waals surface area contributed by atoms with E-state index in [1.54, 1.807) is 29.6 Å². The number of amides is 1. The van der Waals surface area contributed by atoms with Crippen LogP contribution in [0, 0.1) is 0 Å². The Kier molecular flexibility index (Phi) is 5.16. The molecule has 2 aromatic heterocycles. The summed E-state index contributed by atoms with van der Waals surface area (Å²) in [6.45, 7) is 1.26. The molecule has 0 radical (unpaired) electrons. The number of aromatic nitrogens is 3. The van der Waals surface area contributed by atoms with Crippen LogP contribution in [0.25, 0.3) is 0 Å². The first-order valence-electron chi connectivity index (χ1n) is 8.94. The van der Waals surface area contributed by atoms with Gasteiger partial charge in [-0.3, -0.25) is 4.79 Å². The molecule has 1 amide bonds. The Hall–Kier alpha value is -2.73. The number of likely N-dealkylation sites (tertiary alicyclic amines) is 1. The number of carbonyl (C=O) groups is 1. The highest BCUT2D eigenvalue weighted by atomic mass is 35.5. The van der Waals surface area contributed by atoms with Gasteiger partial charge < -0.3 is 9.32 Å². The van der Waals surface area contributed by atoms with E-state index in [0.29, 0.717) is 30.4 Å². The third-order valence-corrected chi connectivity index (χ3v) is 4.89. The minimum absolute atomic E-state index is 0.0829. The number of rotatable bonds is 4. The highest BCUT2D eigenvalue weighted by Gasteiger charge is 2.29. The zero-order chi connectivity index (χ0) is 18.6. The molecule has 0 saturated carbocycles. The summed E-state index contributed by atoms with van der Waals surface area (Å²) in [6.07, 6.45) is 7.40. The monoisotopic (exact) mass is 382 g/mol. The molecule has 1 atom stereocenters. The van der Waals surface area contributed by atoms with Gasteiger partial charge in [0.2, 0.25) is 5.82 Å². The summed E-state index contributed by atoms with van der Waals surface area (Å²) in [5, 5.41) is 0.705. The second-order valence-electron chi connectivity index (χ2n) is 6.63. The Morgan fingerprint density at radius 3 is 2.89 bits per heavy atom. The Balaban J connectivity index is 1.44. The SMILES string of the molecule is O=C(c1ncccn1)N1CCC[C@@H](c2ncc(Cc3cccc(Cl)c3)o2)C1. The zero-order valence-electron chi connectivity index (χ0n) is 14.7. The molecular weight excluding hydrogens is 364 g/mol. The molecule has 0 N–H and O–H groups in total. The smallest absolute Gasteiger partial charge is 0.291 e. The van der Waals surface area contributed by atoms with Crippen molar-refractivity contribution < 1.29 is 9.21 Å². The minimum atomic E-state index is -0.147. The van der Waals surface area contributed by atoms with Crippen LogP contribution in [0.5, 0.6) is 0 Å². The Morgan fingerprint density at radius 1 is 1.22 bits per heavy atom. The summed E-state index contributed by atoms with van der Waals surface area (Å²) in [5.41, 5.74) is 1.08. The highest BCUT2D eigenvalue weighted by Crippen LogP contribution is 2.28. The van der Waals surface area contributed by atoms with Crippen LogP contribution < -0.4 is 0 Å². The van der Waals surface area contributed by atoms with Gasteiger partial charge in [-0.15, -0.1) is 0 Å². The predicted octanol–water partition coefficient (Wildman–Crippen LogP) is 3.73. The van der Waals surface area contributed by atoms with Crippen LogP contribution in [0.3, 0.4) is 0 Å². The van der Waals surface area contributed by atoms with E-state index in [-0.39, 0.29) is 17.6 Å². The zero-order valence-corrected chi connectivity index (χ0v) is 15.5. The number of nitrogens with zero attached hydrogens (tertiary/aromatic N) is 4. The Labute approximate surface area is 162 Å². The molecule has 3 aromatic rings. The van der Waals surface area contributed by atoms with E-state index in [9.17, 15) is 4.79 Å². The van der Waals surface area contributed by atoms with Gasteiger partial charge in [-0.1, -0.05) is 23.7 Å². The van der Waals surface area contributed by atoms with Gasteiger partial charge in [0, 0.05) is 36.9 Å². The first-order chi connectivity index (χ1) is 13.2. The van der Waals surface area contributed by atoms with E-state index < -0.39 is 0 Å². The van der Waals surface area contributed by atoms with E-state index in [4.69, 9.17) is 16.0 Å². The van der Waals surface area contributed by atoms with Gasteiger partial charge in [0.05, 0.1) is 12.1 Å².